The molecular formula is C15H20NO2S+. The highest BCUT2D eigenvalue weighted by molar-refractivity contribution is 7.09. The predicted octanol–water partition coefficient (Wildman–Crippen LogP) is 2.42. The molecule has 0 spiro atoms. The largest absolute Gasteiger partial charge is 0.490 e. The van der Waals surface area contributed by atoms with Crippen molar-refractivity contribution in [3.8, 4) is 11.5 Å². The molecule has 0 amide bonds. The molecule has 0 saturated heterocycles. The van der Waals surface area contributed by atoms with Gasteiger partial charge in [0, 0.05) is 10.4 Å². The Labute approximate surface area is 118 Å². The minimum Gasteiger partial charge on any atom is -0.490 e. The molecule has 2 aromatic rings. The fraction of sp³-hybridized carbons (Fsp3) is 0.333. The molecule has 2 N–H and O–H groups in total. The number of hydrogen-bond donors (Lipinski definition) is 1. The Hall–Kier alpha value is -1.52. The molecule has 0 bridgehead atoms. The standard InChI is InChI=1S/C15H19NO2S/c1-3-17-15-9-12(10-16-2)6-7-14(15)18-11-13-5-4-8-19-13/h4-9,16H,3,10-11H2,1-2H3/p+1. The van der Waals surface area contributed by atoms with Gasteiger partial charge >= 0.3 is 0 Å². The highest BCUT2D eigenvalue weighted by Crippen LogP contribution is 2.29. The molecule has 1 aromatic heterocycles. The van der Waals surface area contributed by atoms with Crippen molar-refractivity contribution in [2.24, 2.45) is 0 Å². The van der Waals surface area contributed by atoms with Crippen molar-refractivity contribution in [3.05, 3.63) is 46.2 Å². The second kappa shape index (κ2) is 7.16. The Balaban J connectivity index is 2.09. The van der Waals surface area contributed by atoms with E-state index in [1.165, 1.54) is 10.4 Å². The predicted molar refractivity (Wildman–Crippen MR) is 77.8 cm³/mol. The molecule has 0 radical (unpaired) electrons. The highest BCUT2D eigenvalue weighted by Gasteiger charge is 2.07. The number of thiophene rings is 1. The Bertz CT molecular complexity index is 497. The van der Waals surface area contributed by atoms with E-state index in [-0.39, 0.29) is 0 Å². The van der Waals surface area contributed by atoms with E-state index in [1.54, 1.807) is 11.3 Å². The van der Waals surface area contributed by atoms with Crippen LogP contribution in [0.4, 0.5) is 0 Å². The molecule has 2 rings (SSSR count). The van der Waals surface area contributed by atoms with Crippen molar-refractivity contribution in [2.75, 3.05) is 13.7 Å². The van der Waals surface area contributed by atoms with Crippen LogP contribution in [0.5, 0.6) is 11.5 Å². The van der Waals surface area contributed by atoms with Gasteiger partial charge in [-0.3, -0.25) is 0 Å². The van der Waals surface area contributed by atoms with Crippen molar-refractivity contribution in [2.45, 2.75) is 20.1 Å². The Morgan fingerprint density at radius 2 is 2.05 bits per heavy atom. The number of nitrogens with two attached hydrogens (primary N) is 1. The molecule has 0 unspecified atom stereocenters. The van der Waals surface area contributed by atoms with Gasteiger partial charge in [0.1, 0.15) is 13.2 Å². The van der Waals surface area contributed by atoms with Crippen LogP contribution in [0.3, 0.4) is 0 Å². The number of quaternary nitrogens is 1. The molecule has 102 valence electrons. The van der Waals surface area contributed by atoms with Crippen LogP contribution >= 0.6 is 11.3 Å². The van der Waals surface area contributed by atoms with E-state index in [4.69, 9.17) is 9.47 Å². The molecule has 0 aliphatic rings. The first-order valence-corrected chi connectivity index (χ1v) is 7.40. The van der Waals surface area contributed by atoms with Crippen LogP contribution in [-0.2, 0) is 13.2 Å². The zero-order chi connectivity index (χ0) is 13.5. The van der Waals surface area contributed by atoms with E-state index >= 15 is 0 Å². The molecule has 3 nitrogen and oxygen atoms in total. The van der Waals surface area contributed by atoms with E-state index in [1.807, 2.05) is 19.1 Å². The average Bonchev–Trinajstić information content (AvgIpc) is 2.92. The van der Waals surface area contributed by atoms with Crippen molar-refractivity contribution in [1.82, 2.24) is 0 Å². The molecule has 0 fully saturated rings. The summed E-state index contributed by atoms with van der Waals surface area (Å²) in [4.78, 5) is 1.22. The first-order chi connectivity index (χ1) is 9.33. The van der Waals surface area contributed by atoms with Gasteiger partial charge in [-0.05, 0) is 36.6 Å². The SMILES string of the molecule is CCOc1cc(C[NH2+]C)ccc1OCc1cccs1. The van der Waals surface area contributed by atoms with Crippen molar-refractivity contribution >= 4 is 11.3 Å². The molecule has 0 saturated carbocycles. The van der Waals surface area contributed by atoms with Gasteiger partial charge < -0.3 is 14.8 Å². The summed E-state index contributed by atoms with van der Waals surface area (Å²) in [6, 6.07) is 10.3. The van der Waals surface area contributed by atoms with Crippen LogP contribution in [0.25, 0.3) is 0 Å². The summed E-state index contributed by atoms with van der Waals surface area (Å²) in [7, 11) is 2.06. The van der Waals surface area contributed by atoms with Crippen LogP contribution in [0.15, 0.2) is 35.7 Å². The maximum Gasteiger partial charge on any atom is 0.161 e. The molecule has 0 atom stereocenters. The van der Waals surface area contributed by atoms with Crippen LogP contribution in [-0.4, -0.2) is 13.7 Å². The monoisotopic (exact) mass is 278 g/mol. The minimum absolute atomic E-state index is 0.594. The number of rotatable bonds is 7. The van der Waals surface area contributed by atoms with Gasteiger partial charge in [0.2, 0.25) is 0 Å². The quantitative estimate of drug-likeness (QED) is 0.844. The van der Waals surface area contributed by atoms with E-state index in [9.17, 15) is 0 Å². The van der Waals surface area contributed by atoms with E-state index in [0.29, 0.717) is 13.2 Å². The molecule has 0 aliphatic heterocycles. The first-order valence-electron chi connectivity index (χ1n) is 6.52. The van der Waals surface area contributed by atoms with Crippen LogP contribution in [0.2, 0.25) is 0 Å². The summed E-state index contributed by atoms with van der Waals surface area (Å²) >= 11 is 1.70. The summed E-state index contributed by atoms with van der Waals surface area (Å²) in [5, 5.41) is 4.19. The maximum atomic E-state index is 5.84. The zero-order valence-electron chi connectivity index (χ0n) is 11.4. The third-order valence-electron chi connectivity index (χ3n) is 2.70. The van der Waals surface area contributed by atoms with Gasteiger partial charge in [0.15, 0.2) is 11.5 Å². The molecule has 0 aliphatic carbocycles. The summed E-state index contributed by atoms with van der Waals surface area (Å²) in [5.41, 5.74) is 1.24. The van der Waals surface area contributed by atoms with Crippen LogP contribution in [0.1, 0.15) is 17.4 Å². The zero-order valence-corrected chi connectivity index (χ0v) is 12.2. The Morgan fingerprint density at radius 1 is 1.16 bits per heavy atom. The molecule has 19 heavy (non-hydrogen) atoms. The summed E-state index contributed by atoms with van der Waals surface area (Å²) in [5.74, 6) is 1.65. The molecular weight excluding hydrogens is 258 g/mol. The lowest BCUT2D eigenvalue weighted by Gasteiger charge is -2.12. The van der Waals surface area contributed by atoms with E-state index in [0.717, 1.165) is 18.0 Å². The van der Waals surface area contributed by atoms with Gasteiger partial charge in [0.05, 0.1) is 13.7 Å². The fourth-order valence-electron chi connectivity index (χ4n) is 1.85. The fourth-order valence-corrected chi connectivity index (χ4v) is 2.46. The van der Waals surface area contributed by atoms with Crippen LogP contribution in [0, 0.1) is 0 Å². The topological polar surface area (TPSA) is 35.1 Å². The van der Waals surface area contributed by atoms with Gasteiger partial charge in [-0.1, -0.05) is 6.07 Å². The Morgan fingerprint density at radius 3 is 2.74 bits per heavy atom. The summed E-state index contributed by atoms with van der Waals surface area (Å²) in [6.07, 6.45) is 0. The smallest absolute Gasteiger partial charge is 0.161 e. The Kier molecular flexibility index (Phi) is 5.24. The van der Waals surface area contributed by atoms with Gasteiger partial charge in [-0.2, -0.15) is 0 Å². The first kappa shape index (κ1) is 13.9. The third-order valence-corrected chi connectivity index (χ3v) is 3.55. The number of hydrogen-bond acceptors (Lipinski definition) is 3. The van der Waals surface area contributed by atoms with Gasteiger partial charge in [0.25, 0.3) is 0 Å². The maximum absolute atomic E-state index is 5.84. The normalized spacial score (nSPS) is 10.4. The lowest BCUT2D eigenvalue weighted by molar-refractivity contribution is -0.643. The van der Waals surface area contributed by atoms with E-state index < -0.39 is 0 Å². The molecule has 1 heterocycles. The molecule has 1 aromatic carbocycles. The minimum atomic E-state index is 0.594. The number of benzene rings is 1. The van der Waals surface area contributed by atoms with Gasteiger partial charge in [-0.25, -0.2) is 0 Å². The molecule has 4 heteroatoms. The van der Waals surface area contributed by atoms with Crippen LogP contribution < -0.4 is 14.8 Å². The average molecular weight is 278 g/mol. The lowest BCUT2D eigenvalue weighted by atomic mass is 10.2. The second-order valence-corrected chi connectivity index (χ2v) is 5.23. The summed E-state index contributed by atoms with van der Waals surface area (Å²) in [6.45, 7) is 4.18. The van der Waals surface area contributed by atoms with Crippen molar-refractivity contribution in [1.29, 1.82) is 0 Å². The second-order valence-electron chi connectivity index (χ2n) is 4.19. The highest BCUT2D eigenvalue weighted by atomic mass is 32.1. The summed E-state index contributed by atoms with van der Waals surface area (Å²) < 4.78 is 11.5. The van der Waals surface area contributed by atoms with E-state index in [2.05, 4.69) is 35.9 Å². The van der Waals surface area contributed by atoms with Crippen molar-refractivity contribution < 1.29 is 14.8 Å². The lowest BCUT2D eigenvalue weighted by Crippen LogP contribution is -2.77. The van der Waals surface area contributed by atoms with Crippen molar-refractivity contribution in [3.63, 3.8) is 0 Å². The third kappa shape index (κ3) is 3.98. The van der Waals surface area contributed by atoms with Gasteiger partial charge in [-0.15, -0.1) is 11.3 Å². The number of ether oxygens (including phenoxy) is 2.